The number of fused-ring (bicyclic) bond motifs is 3. The second kappa shape index (κ2) is 14.1. The Hall–Kier alpha value is -5.13. The number of benzene rings is 2. The largest absolute Gasteiger partial charge is 0.493 e. The standard InChI is InChI=1S/C33H39N3O9/c1-17(33(39)36-20-14-27(41-4)30(43-6)28(15-20)42-5)34-24-12-10-21-22(16-25(24)38)23(35-18(2)37)11-9-19-13-26(40-3)31(44-7)32(45-8)29(19)21/h10,12-17,23H,9,11H2,1-8H3,(H,34,38)(H,35,37)(H,36,39)/t17-,23-/m1/s1. The SMILES string of the molecule is COc1cc(NC(=O)[C@@H](C)Nc2ccc3c(cc2=O)[C@H](NC(C)=O)CCc2cc(OC)c(OC)c(OC)c2-3)cc(OC)c1OC. The molecule has 1 aliphatic rings. The van der Waals surface area contributed by atoms with Crippen molar-refractivity contribution in [3.8, 4) is 45.6 Å². The number of carbonyl (C=O) groups excluding carboxylic acids is 2. The molecular formula is C33H39N3O9. The van der Waals surface area contributed by atoms with Crippen molar-refractivity contribution in [2.24, 2.45) is 0 Å². The van der Waals surface area contributed by atoms with E-state index in [1.54, 1.807) is 38.3 Å². The number of aryl methyl sites for hydroxylation is 1. The third-order valence-corrected chi connectivity index (χ3v) is 7.61. The van der Waals surface area contributed by atoms with E-state index in [4.69, 9.17) is 28.4 Å². The van der Waals surface area contributed by atoms with Crippen molar-refractivity contribution in [2.75, 3.05) is 53.3 Å². The number of anilines is 2. The van der Waals surface area contributed by atoms with Crippen molar-refractivity contribution in [3.05, 3.63) is 57.7 Å². The van der Waals surface area contributed by atoms with Crippen LogP contribution in [0.15, 0.2) is 41.2 Å². The molecule has 4 rings (SSSR count). The van der Waals surface area contributed by atoms with Gasteiger partial charge in [0.1, 0.15) is 6.04 Å². The van der Waals surface area contributed by atoms with Gasteiger partial charge < -0.3 is 44.4 Å². The number of rotatable bonds is 11. The van der Waals surface area contributed by atoms with Crippen LogP contribution in [0.1, 0.15) is 37.4 Å². The molecule has 12 nitrogen and oxygen atoms in total. The molecule has 12 heteroatoms. The van der Waals surface area contributed by atoms with E-state index in [0.29, 0.717) is 64.2 Å². The van der Waals surface area contributed by atoms with E-state index in [-0.39, 0.29) is 17.0 Å². The number of amides is 2. The number of methoxy groups -OCH3 is 6. The minimum Gasteiger partial charge on any atom is -0.493 e. The molecule has 2 atom stereocenters. The first-order valence-electron chi connectivity index (χ1n) is 14.3. The highest BCUT2D eigenvalue weighted by atomic mass is 16.5. The Morgan fingerprint density at radius 1 is 0.800 bits per heavy atom. The Morgan fingerprint density at radius 3 is 1.96 bits per heavy atom. The molecule has 0 saturated heterocycles. The number of hydrogen-bond donors (Lipinski definition) is 3. The molecule has 0 aliphatic heterocycles. The fourth-order valence-electron chi connectivity index (χ4n) is 5.53. The summed E-state index contributed by atoms with van der Waals surface area (Å²) in [6.07, 6.45) is 1.10. The third kappa shape index (κ3) is 6.69. The van der Waals surface area contributed by atoms with Crippen LogP contribution in [0.25, 0.3) is 11.1 Å². The fourth-order valence-corrected chi connectivity index (χ4v) is 5.53. The van der Waals surface area contributed by atoms with E-state index in [1.807, 2.05) is 6.07 Å². The molecule has 0 radical (unpaired) electrons. The summed E-state index contributed by atoms with van der Waals surface area (Å²) in [5, 5.41) is 8.85. The van der Waals surface area contributed by atoms with Crippen molar-refractivity contribution < 1.29 is 38.0 Å². The highest BCUT2D eigenvalue weighted by Gasteiger charge is 2.29. The van der Waals surface area contributed by atoms with Crippen LogP contribution in [0.4, 0.5) is 11.4 Å². The van der Waals surface area contributed by atoms with Gasteiger partial charge in [-0.1, -0.05) is 6.07 Å². The smallest absolute Gasteiger partial charge is 0.246 e. The van der Waals surface area contributed by atoms with Gasteiger partial charge in [-0.15, -0.1) is 0 Å². The quantitative estimate of drug-likeness (QED) is 0.283. The normalized spacial score (nSPS) is 14.0. The number of nitrogens with one attached hydrogen (secondary N) is 3. The molecule has 3 aromatic carbocycles. The van der Waals surface area contributed by atoms with Gasteiger partial charge in [0.15, 0.2) is 23.0 Å². The molecule has 240 valence electrons. The number of hydrogen-bond acceptors (Lipinski definition) is 10. The Bertz CT molecular complexity index is 1630. The number of carbonyl (C=O) groups is 2. The maximum atomic E-state index is 13.6. The topological polar surface area (TPSA) is 143 Å². The summed E-state index contributed by atoms with van der Waals surface area (Å²) in [4.78, 5) is 39.1. The molecule has 0 bridgehead atoms. The van der Waals surface area contributed by atoms with Crippen LogP contribution < -0.4 is 49.8 Å². The summed E-state index contributed by atoms with van der Waals surface area (Å²) < 4.78 is 33.2. The van der Waals surface area contributed by atoms with Crippen LogP contribution in [-0.2, 0) is 16.0 Å². The zero-order chi connectivity index (χ0) is 32.8. The Kier molecular flexibility index (Phi) is 10.3. The average molecular weight is 622 g/mol. The zero-order valence-electron chi connectivity index (χ0n) is 26.7. The summed E-state index contributed by atoms with van der Waals surface area (Å²) >= 11 is 0. The maximum absolute atomic E-state index is 13.6. The van der Waals surface area contributed by atoms with Gasteiger partial charge in [0, 0.05) is 30.3 Å². The molecule has 3 aromatic rings. The van der Waals surface area contributed by atoms with Crippen LogP contribution in [-0.4, -0.2) is 60.5 Å². The summed E-state index contributed by atoms with van der Waals surface area (Å²) in [7, 11) is 9.07. The van der Waals surface area contributed by atoms with Crippen molar-refractivity contribution in [1.82, 2.24) is 5.32 Å². The van der Waals surface area contributed by atoms with E-state index in [9.17, 15) is 14.4 Å². The van der Waals surface area contributed by atoms with Crippen LogP contribution in [0.2, 0.25) is 0 Å². The van der Waals surface area contributed by atoms with E-state index < -0.39 is 18.0 Å². The van der Waals surface area contributed by atoms with Gasteiger partial charge >= 0.3 is 0 Å². The Balaban J connectivity index is 1.76. The Labute approximate surface area is 261 Å². The number of ether oxygens (including phenoxy) is 6. The van der Waals surface area contributed by atoms with E-state index in [1.165, 1.54) is 48.5 Å². The lowest BCUT2D eigenvalue weighted by Crippen LogP contribution is -2.33. The van der Waals surface area contributed by atoms with Crippen LogP contribution in [0.3, 0.4) is 0 Å². The molecule has 1 aliphatic carbocycles. The van der Waals surface area contributed by atoms with Gasteiger partial charge in [0.05, 0.1) is 54.4 Å². The lowest BCUT2D eigenvalue weighted by Gasteiger charge is -2.19. The summed E-state index contributed by atoms with van der Waals surface area (Å²) in [6, 6.07) is 8.74. The monoisotopic (exact) mass is 621 g/mol. The van der Waals surface area contributed by atoms with Crippen LogP contribution >= 0.6 is 0 Å². The summed E-state index contributed by atoms with van der Waals surface area (Å²) in [5.74, 6) is 1.88. The van der Waals surface area contributed by atoms with Gasteiger partial charge in [0.25, 0.3) is 0 Å². The zero-order valence-corrected chi connectivity index (χ0v) is 26.7. The fraction of sp³-hybridized carbons (Fsp3) is 0.364. The minimum absolute atomic E-state index is 0.193. The second-order valence-corrected chi connectivity index (χ2v) is 10.4. The second-order valence-electron chi connectivity index (χ2n) is 10.4. The summed E-state index contributed by atoms with van der Waals surface area (Å²) in [6.45, 7) is 3.08. The first-order chi connectivity index (χ1) is 21.6. The Morgan fingerprint density at radius 2 is 1.40 bits per heavy atom. The summed E-state index contributed by atoms with van der Waals surface area (Å²) in [5.41, 5.74) is 3.18. The molecule has 0 aromatic heterocycles. The van der Waals surface area contributed by atoms with E-state index in [2.05, 4.69) is 16.0 Å². The molecule has 45 heavy (non-hydrogen) atoms. The lowest BCUT2D eigenvalue weighted by atomic mass is 9.95. The van der Waals surface area contributed by atoms with Gasteiger partial charge in [-0.25, -0.2) is 0 Å². The average Bonchev–Trinajstić information content (AvgIpc) is 3.27. The first-order valence-corrected chi connectivity index (χ1v) is 14.3. The maximum Gasteiger partial charge on any atom is 0.246 e. The highest BCUT2D eigenvalue weighted by molar-refractivity contribution is 5.97. The molecule has 0 unspecified atom stereocenters. The molecule has 3 N–H and O–H groups in total. The predicted molar refractivity (Wildman–Crippen MR) is 170 cm³/mol. The molecule has 0 heterocycles. The molecule has 0 saturated carbocycles. The van der Waals surface area contributed by atoms with E-state index in [0.717, 1.165) is 11.1 Å². The van der Waals surface area contributed by atoms with Crippen LogP contribution in [0, 0.1) is 0 Å². The van der Waals surface area contributed by atoms with Crippen molar-refractivity contribution in [3.63, 3.8) is 0 Å². The molecule has 0 spiro atoms. The molecule has 0 fully saturated rings. The van der Waals surface area contributed by atoms with Crippen molar-refractivity contribution in [1.29, 1.82) is 0 Å². The van der Waals surface area contributed by atoms with Crippen molar-refractivity contribution >= 4 is 23.2 Å². The van der Waals surface area contributed by atoms with Gasteiger partial charge in [-0.2, -0.15) is 0 Å². The highest BCUT2D eigenvalue weighted by Crippen LogP contribution is 2.50. The van der Waals surface area contributed by atoms with Crippen LogP contribution in [0.5, 0.6) is 34.5 Å². The van der Waals surface area contributed by atoms with Gasteiger partial charge in [0.2, 0.25) is 28.7 Å². The molecule has 2 amide bonds. The third-order valence-electron chi connectivity index (χ3n) is 7.61. The molecular weight excluding hydrogens is 582 g/mol. The van der Waals surface area contributed by atoms with E-state index >= 15 is 0 Å². The van der Waals surface area contributed by atoms with Gasteiger partial charge in [-0.05, 0) is 54.7 Å². The lowest BCUT2D eigenvalue weighted by molar-refractivity contribution is -0.119. The predicted octanol–water partition coefficient (Wildman–Crippen LogP) is 4.33. The van der Waals surface area contributed by atoms with Gasteiger partial charge in [-0.3, -0.25) is 14.4 Å². The van der Waals surface area contributed by atoms with Crippen molar-refractivity contribution in [2.45, 2.75) is 38.8 Å². The minimum atomic E-state index is -0.823. The first kappa shape index (κ1) is 32.8.